The zero-order valence-corrected chi connectivity index (χ0v) is 16.5. The molecular formula is C22H32N4O. The molecule has 0 aliphatic carbocycles. The van der Waals surface area contributed by atoms with Crippen molar-refractivity contribution in [3.63, 3.8) is 0 Å². The first-order valence-corrected chi connectivity index (χ1v) is 10.6. The van der Waals surface area contributed by atoms with Crippen LogP contribution in [0.1, 0.15) is 56.3 Å². The largest absolute Gasteiger partial charge is 0.338 e. The van der Waals surface area contributed by atoms with E-state index in [0.717, 1.165) is 49.7 Å². The summed E-state index contributed by atoms with van der Waals surface area (Å²) < 4.78 is 5.53. The summed E-state index contributed by atoms with van der Waals surface area (Å²) in [4.78, 5) is 9.84. The highest BCUT2D eigenvalue weighted by Crippen LogP contribution is 2.23. The van der Waals surface area contributed by atoms with Gasteiger partial charge < -0.3 is 9.42 Å². The Balaban J connectivity index is 1.29. The molecule has 27 heavy (non-hydrogen) atoms. The fourth-order valence-corrected chi connectivity index (χ4v) is 4.60. The molecule has 5 heteroatoms. The average molecular weight is 369 g/mol. The molecule has 2 atom stereocenters. The van der Waals surface area contributed by atoms with Gasteiger partial charge in [0.05, 0.1) is 6.54 Å². The van der Waals surface area contributed by atoms with Crippen LogP contribution in [-0.4, -0.2) is 52.2 Å². The highest BCUT2D eigenvalue weighted by atomic mass is 16.5. The van der Waals surface area contributed by atoms with Crippen LogP contribution >= 0.6 is 0 Å². The van der Waals surface area contributed by atoms with Crippen LogP contribution in [0.4, 0.5) is 0 Å². The summed E-state index contributed by atoms with van der Waals surface area (Å²) in [7, 11) is 0. The van der Waals surface area contributed by atoms with Gasteiger partial charge >= 0.3 is 0 Å². The van der Waals surface area contributed by atoms with E-state index in [4.69, 9.17) is 4.52 Å². The quantitative estimate of drug-likeness (QED) is 0.777. The topological polar surface area (TPSA) is 45.4 Å². The maximum Gasteiger partial charge on any atom is 0.240 e. The standard InChI is InChI=1S/C22H32N4O/c1-18-8-5-6-13-26(18)16-20-11-7-12-25(15-20)17-22-23-21(24-27-22)14-19-9-3-2-4-10-19/h2-4,9-10,18,20H,5-8,11-17H2,1H3/t18-,20+/m0/s1. The number of benzene rings is 1. The van der Waals surface area contributed by atoms with E-state index in [1.807, 2.05) is 18.2 Å². The van der Waals surface area contributed by atoms with E-state index in [1.165, 1.54) is 50.8 Å². The van der Waals surface area contributed by atoms with Gasteiger partial charge in [-0.05, 0) is 57.2 Å². The van der Waals surface area contributed by atoms with Crippen molar-refractivity contribution in [2.45, 2.75) is 58.0 Å². The number of hydrogen-bond donors (Lipinski definition) is 0. The number of aromatic nitrogens is 2. The Hall–Kier alpha value is -1.72. The summed E-state index contributed by atoms with van der Waals surface area (Å²) in [6, 6.07) is 11.1. The second kappa shape index (κ2) is 8.98. The molecule has 1 aromatic carbocycles. The molecule has 0 radical (unpaired) electrons. The Labute approximate surface area is 162 Å². The molecule has 3 heterocycles. The van der Waals surface area contributed by atoms with Crippen molar-refractivity contribution in [3.05, 3.63) is 47.6 Å². The van der Waals surface area contributed by atoms with Crippen molar-refractivity contribution in [2.75, 3.05) is 26.2 Å². The lowest BCUT2D eigenvalue weighted by Crippen LogP contribution is -2.45. The molecule has 0 saturated carbocycles. The van der Waals surface area contributed by atoms with Gasteiger partial charge in [-0.25, -0.2) is 0 Å². The first kappa shape index (κ1) is 18.6. The molecule has 2 aliphatic rings. The van der Waals surface area contributed by atoms with Crippen LogP contribution < -0.4 is 0 Å². The minimum absolute atomic E-state index is 0.736. The number of piperidine rings is 2. The maximum absolute atomic E-state index is 5.53. The van der Waals surface area contributed by atoms with Crippen LogP contribution in [0.15, 0.2) is 34.9 Å². The van der Waals surface area contributed by atoms with Crippen molar-refractivity contribution in [1.29, 1.82) is 0 Å². The normalized spacial score (nSPS) is 24.9. The first-order valence-electron chi connectivity index (χ1n) is 10.6. The number of nitrogens with zero attached hydrogens (tertiary/aromatic N) is 4. The predicted octanol–water partition coefficient (Wildman–Crippen LogP) is 3.75. The zero-order valence-electron chi connectivity index (χ0n) is 16.5. The summed E-state index contributed by atoms with van der Waals surface area (Å²) in [5.41, 5.74) is 1.22. The van der Waals surface area contributed by atoms with Gasteiger partial charge in [0.2, 0.25) is 5.89 Å². The SMILES string of the molecule is C[C@H]1CCCCN1C[C@@H]1CCCN(Cc2nc(Cc3ccccc3)no2)C1. The van der Waals surface area contributed by atoms with Crippen molar-refractivity contribution < 1.29 is 4.52 Å². The van der Waals surface area contributed by atoms with Gasteiger partial charge in [0.1, 0.15) is 0 Å². The van der Waals surface area contributed by atoms with E-state index >= 15 is 0 Å². The lowest BCUT2D eigenvalue weighted by Gasteiger charge is -2.39. The Morgan fingerprint density at radius 1 is 1.07 bits per heavy atom. The molecule has 2 fully saturated rings. The molecule has 2 aliphatic heterocycles. The van der Waals surface area contributed by atoms with Gasteiger partial charge in [-0.2, -0.15) is 4.98 Å². The highest BCUT2D eigenvalue weighted by Gasteiger charge is 2.26. The molecule has 0 spiro atoms. The van der Waals surface area contributed by atoms with E-state index in [0.29, 0.717) is 0 Å². The smallest absolute Gasteiger partial charge is 0.240 e. The van der Waals surface area contributed by atoms with Crippen LogP contribution in [0.2, 0.25) is 0 Å². The Morgan fingerprint density at radius 3 is 2.81 bits per heavy atom. The van der Waals surface area contributed by atoms with Crippen molar-refractivity contribution in [2.24, 2.45) is 5.92 Å². The van der Waals surface area contributed by atoms with Crippen molar-refractivity contribution in [3.8, 4) is 0 Å². The number of likely N-dealkylation sites (tertiary alicyclic amines) is 2. The first-order chi connectivity index (χ1) is 13.3. The second-order valence-corrected chi connectivity index (χ2v) is 8.35. The van der Waals surface area contributed by atoms with Crippen LogP contribution in [0.3, 0.4) is 0 Å². The zero-order chi connectivity index (χ0) is 18.5. The van der Waals surface area contributed by atoms with Gasteiger partial charge in [-0.1, -0.05) is 41.9 Å². The molecule has 4 rings (SSSR count). The molecule has 2 saturated heterocycles. The van der Waals surface area contributed by atoms with Gasteiger partial charge in [0.25, 0.3) is 0 Å². The lowest BCUT2D eigenvalue weighted by molar-refractivity contribution is 0.0865. The average Bonchev–Trinajstić information content (AvgIpc) is 3.11. The minimum atomic E-state index is 0.736. The molecule has 1 aromatic heterocycles. The Morgan fingerprint density at radius 2 is 1.96 bits per heavy atom. The number of hydrogen-bond acceptors (Lipinski definition) is 5. The van der Waals surface area contributed by atoms with Crippen LogP contribution in [0.25, 0.3) is 0 Å². The summed E-state index contributed by atoms with van der Waals surface area (Å²) in [6.45, 7) is 8.01. The molecule has 2 aromatic rings. The van der Waals surface area contributed by atoms with E-state index in [9.17, 15) is 0 Å². The van der Waals surface area contributed by atoms with E-state index in [1.54, 1.807) is 0 Å². The molecule has 0 amide bonds. The molecule has 0 bridgehead atoms. The van der Waals surface area contributed by atoms with E-state index in [2.05, 4.69) is 39.0 Å². The van der Waals surface area contributed by atoms with Crippen molar-refractivity contribution in [1.82, 2.24) is 19.9 Å². The summed E-state index contributed by atoms with van der Waals surface area (Å²) in [5, 5.41) is 4.18. The van der Waals surface area contributed by atoms with Crippen LogP contribution in [-0.2, 0) is 13.0 Å². The van der Waals surface area contributed by atoms with E-state index in [-0.39, 0.29) is 0 Å². The summed E-state index contributed by atoms with van der Waals surface area (Å²) in [5.74, 6) is 2.31. The van der Waals surface area contributed by atoms with E-state index < -0.39 is 0 Å². The molecule has 0 unspecified atom stereocenters. The third kappa shape index (κ3) is 5.17. The fraction of sp³-hybridized carbons (Fsp3) is 0.636. The van der Waals surface area contributed by atoms with Gasteiger partial charge in [-0.15, -0.1) is 0 Å². The van der Waals surface area contributed by atoms with Gasteiger partial charge in [0.15, 0.2) is 5.82 Å². The van der Waals surface area contributed by atoms with Crippen LogP contribution in [0.5, 0.6) is 0 Å². The highest BCUT2D eigenvalue weighted by molar-refractivity contribution is 5.18. The number of rotatable bonds is 6. The molecular weight excluding hydrogens is 336 g/mol. The third-order valence-electron chi connectivity index (χ3n) is 6.11. The Bertz CT molecular complexity index is 701. The monoisotopic (exact) mass is 368 g/mol. The predicted molar refractivity (Wildman–Crippen MR) is 106 cm³/mol. The van der Waals surface area contributed by atoms with Gasteiger partial charge in [-0.3, -0.25) is 4.90 Å². The maximum atomic E-state index is 5.53. The minimum Gasteiger partial charge on any atom is -0.338 e. The summed E-state index contributed by atoms with van der Waals surface area (Å²) >= 11 is 0. The Kier molecular flexibility index (Phi) is 6.20. The fourth-order valence-electron chi connectivity index (χ4n) is 4.60. The summed E-state index contributed by atoms with van der Waals surface area (Å²) in [6.07, 6.45) is 7.49. The molecule has 0 N–H and O–H groups in total. The third-order valence-corrected chi connectivity index (χ3v) is 6.11. The lowest BCUT2D eigenvalue weighted by atomic mass is 9.95. The van der Waals surface area contributed by atoms with Gasteiger partial charge in [0, 0.05) is 25.6 Å². The molecule has 5 nitrogen and oxygen atoms in total. The molecule has 146 valence electrons. The van der Waals surface area contributed by atoms with Crippen molar-refractivity contribution >= 4 is 0 Å². The second-order valence-electron chi connectivity index (χ2n) is 8.35. The van der Waals surface area contributed by atoms with Crippen LogP contribution in [0, 0.1) is 5.92 Å².